The van der Waals surface area contributed by atoms with Crippen LogP contribution in [0.2, 0.25) is 0 Å². The Kier molecular flexibility index (Phi) is 6.40. The molecular weight excluding hydrogens is 437 g/mol. The molecule has 0 radical (unpaired) electrons. The van der Waals surface area contributed by atoms with Crippen LogP contribution in [0.25, 0.3) is 0 Å². The molecule has 0 fully saturated rings. The highest BCUT2D eigenvalue weighted by molar-refractivity contribution is 9.10. The van der Waals surface area contributed by atoms with E-state index in [4.69, 9.17) is 4.74 Å². The number of nitrogens with one attached hydrogen (secondary N) is 1. The first kappa shape index (κ1) is 19.3. The van der Waals surface area contributed by atoms with E-state index in [-0.39, 0.29) is 24.1 Å². The van der Waals surface area contributed by atoms with Gasteiger partial charge in [-0.3, -0.25) is 4.79 Å². The van der Waals surface area contributed by atoms with Gasteiger partial charge in [0.2, 0.25) is 5.91 Å². The van der Waals surface area contributed by atoms with Crippen molar-refractivity contribution in [1.29, 1.82) is 0 Å². The van der Waals surface area contributed by atoms with E-state index in [0.29, 0.717) is 22.5 Å². The SMILES string of the molecule is Cn1c(COc2ccc(F)cc2)nnc1SCC(=O)Nc1ccc(Br)cn1. The van der Waals surface area contributed by atoms with Gasteiger partial charge in [-0.05, 0) is 52.3 Å². The lowest BCUT2D eigenvalue weighted by atomic mass is 10.3. The molecule has 7 nitrogen and oxygen atoms in total. The number of benzene rings is 1. The van der Waals surface area contributed by atoms with Crippen molar-refractivity contribution < 1.29 is 13.9 Å². The van der Waals surface area contributed by atoms with Crippen molar-refractivity contribution in [2.75, 3.05) is 11.1 Å². The fourth-order valence-electron chi connectivity index (χ4n) is 2.03. The number of halogens is 2. The van der Waals surface area contributed by atoms with Crippen molar-refractivity contribution in [1.82, 2.24) is 19.7 Å². The molecule has 1 N–H and O–H groups in total. The van der Waals surface area contributed by atoms with E-state index < -0.39 is 0 Å². The molecule has 0 saturated carbocycles. The Labute approximate surface area is 167 Å². The lowest BCUT2D eigenvalue weighted by Gasteiger charge is -2.07. The Balaban J connectivity index is 1.51. The van der Waals surface area contributed by atoms with E-state index >= 15 is 0 Å². The van der Waals surface area contributed by atoms with E-state index in [1.807, 2.05) is 0 Å². The summed E-state index contributed by atoms with van der Waals surface area (Å²) >= 11 is 4.55. The number of amides is 1. The predicted molar refractivity (Wildman–Crippen MR) is 103 cm³/mol. The van der Waals surface area contributed by atoms with Crippen LogP contribution in [0.3, 0.4) is 0 Å². The molecule has 1 aromatic carbocycles. The number of pyridine rings is 1. The number of thioether (sulfide) groups is 1. The predicted octanol–water partition coefficient (Wildman–Crippen LogP) is 3.42. The van der Waals surface area contributed by atoms with Crippen molar-refractivity contribution >= 4 is 39.4 Å². The average Bonchev–Trinajstić information content (AvgIpc) is 3.01. The summed E-state index contributed by atoms with van der Waals surface area (Å²) in [5.74, 6) is 1.27. The third kappa shape index (κ3) is 5.51. The molecule has 3 aromatic rings. The third-order valence-electron chi connectivity index (χ3n) is 3.43. The Hall–Kier alpha value is -2.46. The quantitative estimate of drug-likeness (QED) is 0.554. The van der Waals surface area contributed by atoms with Gasteiger partial charge in [0.05, 0.1) is 5.75 Å². The monoisotopic (exact) mass is 451 g/mol. The topological polar surface area (TPSA) is 81.9 Å². The van der Waals surface area contributed by atoms with Crippen LogP contribution in [-0.2, 0) is 18.4 Å². The fraction of sp³-hybridized carbons (Fsp3) is 0.176. The van der Waals surface area contributed by atoms with E-state index in [1.54, 1.807) is 42.1 Å². The van der Waals surface area contributed by atoms with Gasteiger partial charge in [-0.25, -0.2) is 9.37 Å². The van der Waals surface area contributed by atoms with Crippen LogP contribution in [-0.4, -0.2) is 31.4 Å². The Bertz CT molecular complexity index is 918. The third-order valence-corrected chi connectivity index (χ3v) is 4.92. The molecule has 0 unspecified atom stereocenters. The molecule has 10 heteroatoms. The van der Waals surface area contributed by atoms with Crippen molar-refractivity contribution in [3.05, 3.63) is 58.7 Å². The van der Waals surface area contributed by atoms with Crippen molar-refractivity contribution in [2.45, 2.75) is 11.8 Å². The summed E-state index contributed by atoms with van der Waals surface area (Å²) in [5, 5.41) is 11.4. The van der Waals surface area contributed by atoms with E-state index in [2.05, 4.69) is 36.4 Å². The number of ether oxygens (including phenoxy) is 1. The highest BCUT2D eigenvalue weighted by atomic mass is 79.9. The molecule has 0 bridgehead atoms. The summed E-state index contributed by atoms with van der Waals surface area (Å²) in [7, 11) is 1.79. The molecule has 27 heavy (non-hydrogen) atoms. The van der Waals surface area contributed by atoms with Gasteiger partial charge in [0.25, 0.3) is 0 Å². The first-order chi connectivity index (χ1) is 13.0. The van der Waals surface area contributed by atoms with Crippen LogP contribution in [0.15, 0.2) is 52.2 Å². The average molecular weight is 452 g/mol. The second-order valence-electron chi connectivity index (χ2n) is 5.40. The minimum atomic E-state index is -0.323. The summed E-state index contributed by atoms with van der Waals surface area (Å²) in [6.07, 6.45) is 1.61. The minimum Gasteiger partial charge on any atom is -0.486 e. The molecule has 0 atom stereocenters. The van der Waals surface area contributed by atoms with Crippen LogP contribution < -0.4 is 10.1 Å². The lowest BCUT2D eigenvalue weighted by Crippen LogP contribution is -2.15. The summed E-state index contributed by atoms with van der Waals surface area (Å²) in [6, 6.07) is 9.24. The molecule has 2 heterocycles. The van der Waals surface area contributed by atoms with E-state index in [9.17, 15) is 9.18 Å². The number of anilines is 1. The van der Waals surface area contributed by atoms with Crippen LogP contribution in [0.4, 0.5) is 10.2 Å². The van der Waals surface area contributed by atoms with Gasteiger partial charge in [0.15, 0.2) is 11.0 Å². The van der Waals surface area contributed by atoms with Gasteiger partial charge < -0.3 is 14.6 Å². The zero-order valence-electron chi connectivity index (χ0n) is 14.2. The lowest BCUT2D eigenvalue weighted by molar-refractivity contribution is -0.113. The van der Waals surface area contributed by atoms with Crippen LogP contribution in [0.1, 0.15) is 5.82 Å². The summed E-state index contributed by atoms with van der Waals surface area (Å²) in [6.45, 7) is 0.185. The molecule has 0 aliphatic rings. The second kappa shape index (κ2) is 8.96. The zero-order chi connectivity index (χ0) is 19.2. The Morgan fingerprint density at radius 3 is 2.74 bits per heavy atom. The number of nitrogens with zero attached hydrogens (tertiary/aromatic N) is 4. The van der Waals surface area contributed by atoms with E-state index in [1.165, 1.54) is 23.9 Å². The van der Waals surface area contributed by atoms with Gasteiger partial charge in [-0.2, -0.15) is 0 Å². The molecule has 0 saturated heterocycles. The fourth-order valence-corrected chi connectivity index (χ4v) is 3.00. The number of carbonyl (C=O) groups is 1. The molecule has 3 rings (SSSR count). The molecule has 1 amide bonds. The number of rotatable bonds is 7. The van der Waals surface area contributed by atoms with E-state index in [0.717, 1.165) is 4.47 Å². The highest BCUT2D eigenvalue weighted by Crippen LogP contribution is 2.18. The maximum Gasteiger partial charge on any atom is 0.236 e. The Morgan fingerprint density at radius 2 is 2.04 bits per heavy atom. The molecule has 0 aliphatic carbocycles. The standard InChI is InChI=1S/C17H15BrFN5O2S/c1-24-15(9-26-13-5-3-12(19)4-6-13)22-23-17(24)27-10-16(25)21-14-7-2-11(18)8-20-14/h2-8H,9-10H2,1H3,(H,20,21,25). The Morgan fingerprint density at radius 1 is 1.26 bits per heavy atom. The first-order valence-corrected chi connectivity index (χ1v) is 9.60. The molecule has 0 aliphatic heterocycles. The van der Waals surface area contributed by atoms with Crippen LogP contribution >= 0.6 is 27.7 Å². The van der Waals surface area contributed by atoms with Gasteiger partial charge in [-0.15, -0.1) is 10.2 Å². The second-order valence-corrected chi connectivity index (χ2v) is 7.26. The van der Waals surface area contributed by atoms with Crippen molar-refractivity contribution in [3.8, 4) is 5.75 Å². The summed E-state index contributed by atoms with van der Waals surface area (Å²) in [5.41, 5.74) is 0. The minimum absolute atomic E-state index is 0.169. The summed E-state index contributed by atoms with van der Waals surface area (Å²) < 4.78 is 21.1. The number of hydrogen-bond donors (Lipinski definition) is 1. The van der Waals surface area contributed by atoms with Crippen LogP contribution in [0.5, 0.6) is 5.75 Å². The normalized spacial score (nSPS) is 10.6. The number of carbonyl (C=O) groups excluding carboxylic acids is 1. The molecule has 2 aromatic heterocycles. The maximum atomic E-state index is 12.9. The van der Waals surface area contributed by atoms with Gasteiger partial charge in [0.1, 0.15) is 24.0 Å². The highest BCUT2D eigenvalue weighted by Gasteiger charge is 2.12. The molecular formula is C17H15BrFN5O2S. The number of hydrogen-bond acceptors (Lipinski definition) is 6. The smallest absolute Gasteiger partial charge is 0.236 e. The van der Waals surface area contributed by atoms with Crippen molar-refractivity contribution in [2.24, 2.45) is 7.05 Å². The molecule has 140 valence electrons. The zero-order valence-corrected chi connectivity index (χ0v) is 16.6. The number of aromatic nitrogens is 4. The maximum absolute atomic E-state index is 12.9. The largest absolute Gasteiger partial charge is 0.486 e. The van der Waals surface area contributed by atoms with Gasteiger partial charge in [-0.1, -0.05) is 11.8 Å². The van der Waals surface area contributed by atoms with Crippen molar-refractivity contribution in [3.63, 3.8) is 0 Å². The summed E-state index contributed by atoms with van der Waals surface area (Å²) in [4.78, 5) is 16.1. The first-order valence-electron chi connectivity index (χ1n) is 7.82. The van der Waals surface area contributed by atoms with Gasteiger partial charge in [0, 0.05) is 17.7 Å². The van der Waals surface area contributed by atoms with Crippen LogP contribution in [0, 0.1) is 5.82 Å². The van der Waals surface area contributed by atoms with Gasteiger partial charge >= 0.3 is 0 Å². The molecule has 0 spiro atoms.